The third-order valence-electron chi connectivity index (χ3n) is 4.18. The quantitative estimate of drug-likeness (QED) is 0.886. The van der Waals surface area contributed by atoms with Crippen molar-refractivity contribution in [2.24, 2.45) is 0 Å². The average molecular weight is 357 g/mol. The fourth-order valence-electron chi connectivity index (χ4n) is 2.66. The van der Waals surface area contributed by atoms with E-state index in [0.717, 1.165) is 10.7 Å². The Morgan fingerprint density at radius 2 is 2.17 bits per heavy atom. The molecule has 0 aromatic carbocycles. The number of imidazole rings is 1. The van der Waals surface area contributed by atoms with Crippen molar-refractivity contribution in [1.82, 2.24) is 24.8 Å². The van der Waals surface area contributed by atoms with Crippen molar-refractivity contribution >= 4 is 32.2 Å². The van der Waals surface area contributed by atoms with E-state index in [-0.39, 0.29) is 29.6 Å². The van der Waals surface area contributed by atoms with E-state index in [4.69, 9.17) is 0 Å². The van der Waals surface area contributed by atoms with Crippen LogP contribution in [0.15, 0.2) is 11.7 Å². The molecule has 8 nitrogen and oxygen atoms in total. The number of nitrogens with zero attached hydrogens (tertiary/aromatic N) is 4. The average Bonchev–Trinajstić information content (AvgIpc) is 3.07. The fourth-order valence-corrected chi connectivity index (χ4v) is 4.73. The first-order valence-corrected chi connectivity index (χ1v) is 10.1. The molecule has 0 spiro atoms. The van der Waals surface area contributed by atoms with Crippen LogP contribution in [0.3, 0.4) is 0 Å². The van der Waals surface area contributed by atoms with E-state index in [1.54, 1.807) is 28.2 Å². The zero-order chi connectivity index (χ0) is 16.6. The van der Waals surface area contributed by atoms with E-state index in [2.05, 4.69) is 15.4 Å². The summed E-state index contributed by atoms with van der Waals surface area (Å²) in [5.74, 6) is 0.293. The van der Waals surface area contributed by atoms with Crippen LogP contribution in [0.4, 0.5) is 4.79 Å². The second-order valence-electron chi connectivity index (χ2n) is 5.80. The lowest BCUT2D eigenvalue weighted by Crippen LogP contribution is -2.47. The van der Waals surface area contributed by atoms with Gasteiger partial charge >= 0.3 is 6.03 Å². The fraction of sp³-hybridized carbons (Fsp3) is 0.615. The highest BCUT2D eigenvalue weighted by Gasteiger charge is 2.29. The van der Waals surface area contributed by atoms with Crippen LogP contribution in [0.5, 0.6) is 0 Å². The van der Waals surface area contributed by atoms with Crippen LogP contribution >= 0.6 is 11.3 Å². The van der Waals surface area contributed by atoms with Crippen molar-refractivity contribution in [3.05, 3.63) is 17.4 Å². The van der Waals surface area contributed by atoms with Gasteiger partial charge in [-0.25, -0.2) is 22.7 Å². The number of aromatic nitrogens is 3. The van der Waals surface area contributed by atoms with Gasteiger partial charge in [0.2, 0.25) is 4.96 Å². The molecule has 2 aromatic rings. The van der Waals surface area contributed by atoms with Crippen molar-refractivity contribution in [3.8, 4) is 0 Å². The number of fused-ring (bicyclic) bond motifs is 1. The highest BCUT2D eigenvalue weighted by atomic mass is 32.2. The topological polar surface area (TPSA) is 96.7 Å². The van der Waals surface area contributed by atoms with Crippen LogP contribution in [-0.2, 0) is 9.84 Å². The van der Waals surface area contributed by atoms with Gasteiger partial charge in [0.15, 0.2) is 0 Å². The van der Waals surface area contributed by atoms with Crippen molar-refractivity contribution in [2.45, 2.75) is 31.8 Å². The molecule has 23 heavy (non-hydrogen) atoms. The molecule has 0 radical (unpaired) electrons. The Bertz CT molecular complexity index is 770. The second kappa shape index (κ2) is 6.08. The van der Waals surface area contributed by atoms with Gasteiger partial charge in [-0.05, 0) is 19.8 Å². The molecule has 1 saturated heterocycles. The predicted octanol–water partition coefficient (Wildman–Crippen LogP) is 1.07. The van der Waals surface area contributed by atoms with Gasteiger partial charge in [-0.1, -0.05) is 11.3 Å². The molecule has 2 amide bonds. The monoisotopic (exact) mass is 357 g/mol. The summed E-state index contributed by atoms with van der Waals surface area (Å²) in [6.07, 6.45) is 2.78. The summed E-state index contributed by atoms with van der Waals surface area (Å²) < 4.78 is 24.6. The minimum Gasteiger partial charge on any atom is -0.330 e. The SMILES string of the molecule is C[C@H](NC(=O)N(C)C1CCS(=O)(=O)CC1)c1cn2ncsc2n1. The van der Waals surface area contributed by atoms with E-state index in [1.807, 2.05) is 6.92 Å². The Labute approximate surface area is 138 Å². The molecule has 1 atom stereocenters. The van der Waals surface area contributed by atoms with Crippen LogP contribution in [0.25, 0.3) is 4.96 Å². The molecule has 1 aliphatic heterocycles. The number of carbonyl (C=O) groups excluding carboxylic acids is 1. The summed E-state index contributed by atoms with van der Waals surface area (Å²) >= 11 is 1.43. The highest BCUT2D eigenvalue weighted by Crippen LogP contribution is 2.19. The molecular weight excluding hydrogens is 338 g/mol. The van der Waals surface area contributed by atoms with Gasteiger partial charge in [-0.3, -0.25) is 0 Å². The Morgan fingerprint density at radius 1 is 1.48 bits per heavy atom. The van der Waals surface area contributed by atoms with Crippen LogP contribution in [-0.4, -0.2) is 58.5 Å². The van der Waals surface area contributed by atoms with Crippen LogP contribution < -0.4 is 5.32 Å². The lowest BCUT2D eigenvalue weighted by atomic mass is 10.1. The first-order chi connectivity index (χ1) is 10.9. The van der Waals surface area contributed by atoms with E-state index in [0.29, 0.717) is 12.8 Å². The standard InChI is InChI=1S/C13H19N5O3S2/c1-9(11-7-18-13(16-11)22-8-14-18)15-12(19)17(2)10-3-5-23(20,21)6-4-10/h7-10H,3-6H2,1-2H3,(H,15,19)/t9-/m0/s1. The number of urea groups is 1. The summed E-state index contributed by atoms with van der Waals surface area (Å²) in [6.45, 7) is 1.86. The van der Waals surface area contributed by atoms with Crippen molar-refractivity contribution in [1.29, 1.82) is 0 Å². The molecule has 1 aliphatic rings. The van der Waals surface area contributed by atoms with E-state index in [1.165, 1.54) is 11.3 Å². The van der Waals surface area contributed by atoms with Gasteiger partial charge in [0, 0.05) is 13.1 Å². The van der Waals surface area contributed by atoms with Crippen LogP contribution in [0.1, 0.15) is 31.5 Å². The number of sulfone groups is 1. The molecule has 0 unspecified atom stereocenters. The normalized spacial score (nSPS) is 19.6. The Kier molecular flexibility index (Phi) is 4.28. The Balaban J connectivity index is 1.60. The molecule has 0 bridgehead atoms. The number of hydrogen-bond donors (Lipinski definition) is 1. The lowest BCUT2D eigenvalue weighted by Gasteiger charge is -2.31. The molecule has 3 rings (SSSR count). The Hall–Kier alpha value is -1.68. The lowest BCUT2D eigenvalue weighted by molar-refractivity contribution is 0.182. The Morgan fingerprint density at radius 3 is 2.83 bits per heavy atom. The number of amides is 2. The summed E-state index contributed by atoms with van der Waals surface area (Å²) in [7, 11) is -1.22. The molecule has 3 heterocycles. The van der Waals surface area contributed by atoms with E-state index >= 15 is 0 Å². The number of nitrogens with one attached hydrogen (secondary N) is 1. The first-order valence-electron chi connectivity index (χ1n) is 7.38. The van der Waals surface area contributed by atoms with Gasteiger partial charge in [-0.2, -0.15) is 5.10 Å². The molecule has 1 N–H and O–H groups in total. The third-order valence-corrected chi connectivity index (χ3v) is 6.59. The van der Waals surface area contributed by atoms with Crippen LogP contribution in [0.2, 0.25) is 0 Å². The molecular formula is C13H19N5O3S2. The van der Waals surface area contributed by atoms with Gasteiger partial charge in [0.1, 0.15) is 15.3 Å². The number of hydrogen-bond acceptors (Lipinski definition) is 6. The van der Waals surface area contributed by atoms with Crippen LogP contribution in [0, 0.1) is 0 Å². The zero-order valence-corrected chi connectivity index (χ0v) is 14.6. The maximum atomic E-state index is 12.4. The summed E-state index contributed by atoms with van der Waals surface area (Å²) in [5, 5.41) is 7.02. The minimum atomic E-state index is -2.93. The molecule has 2 aromatic heterocycles. The molecule has 126 valence electrons. The van der Waals surface area contributed by atoms with Crippen molar-refractivity contribution in [3.63, 3.8) is 0 Å². The summed E-state index contributed by atoms with van der Waals surface area (Å²) in [4.78, 5) is 19.2. The number of rotatable bonds is 3. The maximum Gasteiger partial charge on any atom is 0.317 e. The molecule has 0 aliphatic carbocycles. The first kappa shape index (κ1) is 16.2. The van der Waals surface area contributed by atoms with Gasteiger partial charge in [-0.15, -0.1) is 0 Å². The minimum absolute atomic E-state index is 0.0436. The molecule has 0 saturated carbocycles. The van der Waals surface area contributed by atoms with E-state index in [9.17, 15) is 13.2 Å². The third kappa shape index (κ3) is 3.47. The van der Waals surface area contributed by atoms with Gasteiger partial charge in [0.25, 0.3) is 0 Å². The van der Waals surface area contributed by atoms with Gasteiger partial charge in [0.05, 0.1) is 29.4 Å². The summed E-state index contributed by atoms with van der Waals surface area (Å²) in [6, 6.07) is -0.504. The van der Waals surface area contributed by atoms with Crippen molar-refractivity contribution < 1.29 is 13.2 Å². The summed E-state index contributed by atoms with van der Waals surface area (Å²) in [5.41, 5.74) is 2.46. The van der Waals surface area contributed by atoms with Crippen molar-refractivity contribution in [2.75, 3.05) is 18.6 Å². The zero-order valence-electron chi connectivity index (χ0n) is 13.0. The highest BCUT2D eigenvalue weighted by molar-refractivity contribution is 7.91. The smallest absolute Gasteiger partial charge is 0.317 e. The number of carbonyl (C=O) groups is 1. The van der Waals surface area contributed by atoms with Gasteiger partial charge < -0.3 is 10.2 Å². The largest absolute Gasteiger partial charge is 0.330 e. The van der Waals surface area contributed by atoms with E-state index < -0.39 is 9.84 Å². The molecule has 10 heteroatoms. The molecule has 1 fully saturated rings. The second-order valence-corrected chi connectivity index (χ2v) is 8.91. The maximum absolute atomic E-state index is 12.4. The predicted molar refractivity (Wildman–Crippen MR) is 87.2 cm³/mol.